The van der Waals surface area contributed by atoms with Crippen LogP contribution in [0.5, 0.6) is 5.75 Å². The normalized spacial score (nSPS) is 10.4. The summed E-state index contributed by atoms with van der Waals surface area (Å²) in [6.07, 6.45) is 3.39. The van der Waals surface area contributed by atoms with Crippen LogP contribution in [0.25, 0.3) is 22.8 Å². The van der Waals surface area contributed by atoms with E-state index < -0.39 is 0 Å². The van der Waals surface area contributed by atoms with Crippen LogP contribution in [0.1, 0.15) is 6.92 Å². The maximum absolute atomic E-state index is 5.46. The number of hydrogen-bond donors (Lipinski definition) is 0. The highest BCUT2D eigenvalue weighted by molar-refractivity contribution is 5.60. The summed E-state index contributed by atoms with van der Waals surface area (Å²) < 4.78 is 10.8. The molecule has 3 rings (SSSR count). The largest absolute Gasteiger partial charge is 0.494 e. The molecule has 5 nitrogen and oxygen atoms in total. The van der Waals surface area contributed by atoms with E-state index in [-0.39, 0.29) is 0 Å². The van der Waals surface area contributed by atoms with Gasteiger partial charge in [0.15, 0.2) is 0 Å². The Morgan fingerprint density at radius 1 is 1.10 bits per heavy atom. The Bertz CT molecular complexity index is 695. The predicted octanol–water partition coefficient (Wildman–Crippen LogP) is 3.20. The molecule has 20 heavy (non-hydrogen) atoms. The van der Waals surface area contributed by atoms with Gasteiger partial charge < -0.3 is 9.26 Å². The van der Waals surface area contributed by atoms with Gasteiger partial charge in [-0.1, -0.05) is 11.2 Å². The number of ether oxygens (including phenoxy) is 1. The van der Waals surface area contributed by atoms with Crippen LogP contribution in [-0.4, -0.2) is 21.7 Å². The summed E-state index contributed by atoms with van der Waals surface area (Å²) in [6, 6.07) is 11.3. The highest BCUT2D eigenvalue weighted by atomic mass is 16.5. The van der Waals surface area contributed by atoms with Gasteiger partial charge in [-0.05, 0) is 37.3 Å². The minimum Gasteiger partial charge on any atom is -0.494 e. The number of rotatable bonds is 4. The molecule has 0 fully saturated rings. The van der Waals surface area contributed by atoms with Crippen molar-refractivity contribution in [3.8, 4) is 28.6 Å². The summed E-state index contributed by atoms with van der Waals surface area (Å²) >= 11 is 0. The summed E-state index contributed by atoms with van der Waals surface area (Å²) in [5.41, 5.74) is 1.71. The van der Waals surface area contributed by atoms with Crippen molar-refractivity contribution in [2.24, 2.45) is 0 Å². The van der Waals surface area contributed by atoms with Crippen molar-refractivity contribution in [2.75, 3.05) is 6.61 Å². The van der Waals surface area contributed by atoms with Crippen molar-refractivity contribution in [3.63, 3.8) is 0 Å². The lowest BCUT2D eigenvalue weighted by Crippen LogP contribution is -1.91. The molecule has 0 saturated heterocycles. The molecule has 0 unspecified atom stereocenters. The smallest absolute Gasteiger partial charge is 0.258 e. The van der Waals surface area contributed by atoms with Gasteiger partial charge in [-0.2, -0.15) is 4.98 Å². The van der Waals surface area contributed by atoms with E-state index >= 15 is 0 Å². The molecule has 1 aromatic carbocycles. The van der Waals surface area contributed by atoms with Crippen LogP contribution in [-0.2, 0) is 0 Å². The molecule has 2 heterocycles. The summed E-state index contributed by atoms with van der Waals surface area (Å²) in [6.45, 7) is 2.57. The third-order valence-corrected chi connectivity index (χ3v) is 2.76. The van der Waals surface area contributed by atoms with Crippen molar-refractivity contribution in [1.29, 1.82) is 0 Å². The first-order valence-electron chi connectivity index (χ1n) is 6.34. The molecule has 0 aliphatic rings. The Hall–Kier alpha value is -2.69. The van der Waals surface area contributed by atoms with Gasteiger partial charge in [0.05, 0.1) is 6.61 Å². The molecule has 0 spiro atoms. The number of nitrogens with zero attached hydrogens (tertiary/aromatic N) is 3. The second-order valence-corrected chi connectivity index (χ2v) is 4.12. The molecule has 0 N–H and O–H groups in total. The first kappa shape index (κ1) is 12.3. The van der Waals surface area contributed by atoms with Gasteiger partial charge in [0, 0.05) is 23.5 Å². The van der Waals surface area contributed by atoms with Crippen LogP contribution < -0.4 is 4.74 Å². The van der Waals surface area contributed by atoms with Crippen molar-refractivity contribution in [2.45, 2.75) is 6.92 Å². The topological polar surface area (TPSA) is 61.0 Å². The molecule has 3 aromatic rings. The third-order valence-electron chi connectivity index (χ3n) is 2.76. The molecule has 0 aliphatic carbocycles. The van der Waals surface area contributed by atoms with Crippen molar-refractivity contribution in [3.05, 3.63) is 48.8 Å². The minimum absolute atomic E-state index is 0.471. The second kappa shape index (κ2) is 5.52. The fraction of sp³-hybridized carbons (Fsp3) is 0.133. The van der Waals surface area contributed by atoms with Gasteiger partial charge in [-0.3, -0.25) is 4.98 Å². The first-order chi connectivity index (χ1) is 9.86. The van der Waals surface area contributed by atoms with Crippen LogP contribution in [0.15, 0.2) is 53.3 Å². The summed E-state index contributed by atoms with van der Waals surface area (Å²) in [5.74, 6) is 1.80. The van der Waals surface area contributed by atoms with Crippen LogP contribution in [0.2, 0.25) is 0 Å². The van der Waals surface area contributed by atoms with Crippen LogP contribution in [0.4, 0.5) is 0 Å². The molecule has 0 saturated carbocycles. The second-order valence-electron chi connectivity index (χ2n) is 4.12. The quantitative estimate of drug-likeness (QED) is 0.726. The lowest BCUT2D eigenvalue weighted by atomic mass is 10.2. The average Bonchev–Trinajstić information content (AvgIpc) is 2.99. The Kier molecular flexibility index (Phi) is 3.41. The highest BCUT2D eigenvalue weighted by Gasteiger charge is 2.10. The maximum Gasteiger partial charge on any atom is 0.258 e. The molecule has 2 aromatic heterocycles. The molecule has 0 aliphatic heterocycles. The summed E-state index contributed by atoms with van der Waals surface area (Å²) in [4.78, 5) is 8.36. The fourth-order valence-electron chi connectivity index (χ4n) is 1.84. The molecule has 0 radical (unpaired) electrons. The zero-order valence-electron chi connectivity index (χ0n) is 11.0. The molecular formula is C15H13N3O2. The van der Waals surface area contributed by atoms with Gasteiger partial charge in [-0.15, -0.1) is 0 Å². The van der Waals surface area contributed by atoms with Gasteiger partial charge in [0.25, 0.3) is 5.89 Å². The maximum atomic E-state index is 5.46. The third kappa shape index (κ3) is 2.51. The van der Waals surface area contributed by atoms with Crippen LogP contribution in [0.3, 0.4) is 0 Å². The van der Waals surface area contributed by atoms with Crippen LogP contribution in [0, 0.1) is 0 Å². The average molecular weight is 267 g/mol. The van der Waals surface area contributed by atoms with E-state index in [1.54, 1.807) is 12.4 Å². The highest BCUT2D eigenvalue weighted by Crippen LogP contribution is 2.24. The van der Waals surface area contributed by atoms with E-state index in [2.05, 4.69) is 15.1 Å². The van der Waals surface area contributed by atoms with E-state index in [9.17, 15) is 0 Å². The summed E-state index contributed by atoms with van der Waals surface area (Å²) in [7, 11) is 0. The lowest BCUT2D eigenvalue weighted by molar-refractivity contribution is 0.340. The standard InChI is InChI=1S/C15H13N3O2/c1-2-19-13-5-3-4-12(10-13)15-17-14(18-20-15)11-6-8-16-9-7-11/h3-10H,2H2,1H3. The van der Waals surface area contributed by atoms with Gasteiger partial charge in [0.2, 0.25) is 5.82 Å². The van der Waals surface area contributed by atoms with Crippen molar-refractivity contribution in [1.82, 2.24) is 15.1 Å². The van der Waals surface area contributed by atoms with E-state index in [1.807, 2.05) is 43.3 Å². The molecule has 5 heteroatoms. The van der Waals surface area contributed by atoms with Crippen molar-refractivity contribution >= 4 is 0 Å². The van der Waals surface area contributed by atoms with Gasteiger partial charge in [0.1, 0.15) is 5.75 Å². The molecule has 0 amide bonds. The van der Waals surface area contributed by atoms with Crippen LogP contribution >= 0.6 is 0 Å². The Labute approximate surface area is 116 Å². The molecule has 0 atom stereocenters. The molecular weight excluding hydrogens is 254 g/mol. The summed E-state index contributed by atoms with van der Waals surface area (Å²) in [5, 5.41) is 3.98. The SMILES string of the molecule is CCOc1cccc(-c2nc(-c3ccncc3)no2)c1. The van der Waals surface area contributed by atoms with E-state index in [0.717, 1.165) is 16.9 Å². The van der Waals surface area contributed by atoms with E-state index in [1.165, 1.54) is 0 Å². The van der Waals surface area contributed by atoms with E-state index in [0.29, 0.717) is 18.3 Å². The first-order valence-corrected chi connectivity index (χ1v) is 6.34. The van der Waals surface area contributed by atoms with E-state index in [4.69, 9.17) is 9.26 Å². The predicted molar refractivity (Wildman–Crippen MR) is 74.1 cm³/mol. The minimum atomic E-state index is 0.471. The molecule has 0 bridgehead atoms. The van der Waals surface area contributed by atoms with Gasteiger partial charge in [-0.25, -0.2) is 0 Å². The monoisotopic (exact) mass is 267 g/mol. The number of aromatic nitrogens is 3. The zero-order valence-corrected chi connectivity index (χ0v) is 11.0. The van der Waals surface area contributed by atoms with Gasteiger partial charge >= 0.3 is 0 Å². The number of benzene rings is 1. The van der Waals surface area contributed by atoms with Crippen molar-refractivity contribution < 1.29 is 9.26 Å². The fourth-order valence-corrected chi connectivity index (χ4v) is 1.84. The lowest BCUT2D eigenvalue weighted by Gasteiger charge is -2.02. The zero-order chi connectivity index (χ0) is 13.8. The Balaban J connectivity index is 1.92. The number of hydrogen-bond acceptors (Lipinski definition) is 5. The Morgan fingerprint density at radius 3 is 2.75 bits per heavy atom. The molecule has 100 valence electrons. The Morgan fingerprint density at radius 2 is 1.95 bits per heavy atom. The number of pyridine rings is 1.